The Kier molecular flexibility index (Phi) is 5.99. The van der Waals surface area contributed by atoms with E-state index < -0.39 is 0 Å². The molecule has 134 valence electrons. The van der Waals surface area contributed by atoms with Gasteiger partial charge in [0.2, 0.25) is 0 Å². The van der Waals surface area contributed by atoms with Crippen molar-refractivity contribution in [1.82, 2.24) is 0 Å². The molecule has 0 amide bonds. The molecule has 2 nitrogen and oxygen atoms in total. The van der Waals surface area contributed by atoms with E-state index in [0.717, 1.165) is 25.2 Å². The largest absolute Gasteiger partial charge is 0.394 e. The lowest BCUT2D eigenvalue weighted by Crippen LogP contribution is -2.40. The second-order valence-electron chi connectivity index (χ2n) is 8.45. The summed E-state index contributed by atoms with van der Waals surface area (Å²) >= 11 is 0. The first-order valence-electron chi connectivity index (χ1n) is 10.1. The summed E-state index contributed by atoms with van der Waals surface area (Å²) in [6, 6.07) is 7.18. The van der Waals surface area contributed by atoms with Crippen molar-refractivity contribution in [3.8, 4) is 0 Å². The lowest BCUT2D eigenvalue weighted by molar-refractivity contribution is 0.198. The number of unbranched alkanes of at least 4 members (excludes halogenated alkanes) is 3. The van der Waals surface area contributed by atoms with Crippen LogP contribution < -0.4 is 5.73 Å². The second kappa shape index (κ2) is 8.01. The van der Waals surface area contributed by atoms with Crippen molar-refractivity contribution >= 4 is 0 Å². The summed E-state index contributed by atoms with van der Waals surface area (Å²) in [5.74, 6) is 1.44. The maximum atomic E-state index is 9.49. The summed E-state index contributed by atoms with van der Waals surface area (Å²) in [5, 5.41) is 9.49. The number of nitrogens with two attached hydrogens (primary N) is 1. The molecule has 3 N–H and O–H groups in total. The Balaban J connectivity index is 1.58. The molecular formula is C22H35NO. The van der Waals surface area contributed by atoms with E-state index in [9.17, 15) is 5.11 Å². The Morgan fingerprint density at radius 1 is 1.17 bits per heavy atom. The lowest BCUT2D eigenvalue weighted by Gasteiger charge is -2.26. The minimum absolute atomic E-state index is 0.119. The summed E-state index contributed by atoms with van der Waals surface area (Å²) < 4.78 is 0. The molecule has 1 aromatic carbocycles. The van der Waals surface area contributed by atoms with E-state index in [2.05, 4.69) is 25.1 Å². The first-order chi connectivity index (χ1) is 11.6. The van der Waals surface area contributed by atoms with Gasteiger partial charge in [0.25, 0.3) is 0 Å². The minimum atomic E-state index is -0.343. The van der Waals surface area contributed by atoms with Crippen LogP contribution in [0.2, 0.25) is 0 Å². The molecule has 2 aliphatic carbocycles. The van der Waals surface area contributed by atoms with Gasteiger partial charge < -0.3 is 10.8 Å². The summed E-state index contributed by atoms with van der Waals surface area (Å²) in [5.41, 5.74) is 10.5. The fourth-order valence-corrected chi connectivity index (χ4v) is 4.80. The third kappa shape index (κ3) is 4.21. The maximum Gasteiger partial charge on any atom is 0.0611 e. The van der Waals surface area contributed by atoms with Crippen LogP contribution in [0.25, 0.3) is 0 Å². The average molecular weight is 330 g/mol. The van der Waals surface area contributed by atoms with Crippen molar-refractivity contribution in [2.24, 2.45) is 11.7 Å². The summed E-state index contributed by atoms with van der Waals surface area (Å²) in [7, 11) is 0. The monoisotopic (exact) mass is 329 g/mol. The maximum absolute atomic E-state index is 9.49. The number of hydrogen-bond donors (Lipinski definition) is 2. The summed E-state index contributed by atoms with van der Waals surface area (Å²) in [6.07, 6.45) is 13.9. The topological polar surface area (TPSA) is 46.2 Å². The number of hydrogen-bond acceptors (Lipinski definition) is 2. The molecule has 3 atom stereocenters. The predicted octanol–water partition coefficient (Wildman–Crippen LogP) is 4.72. The van der Waals surface area contributed by atoms with Crippen LogP contribution in [0, 0.1) is 5.92 Å². The van der Waals surface area contributed by atoms with Crippen LogP contribution in [-0.4, -0.2) is 17.3 Å². The van der Waals surface area contributed by atoms with Gasteiger partial charge in [-0.1, -0.05) is 57.2 Å². The SMILES string of the molecule is CCCCCC[C@H]1CCc2cc([C@H]3CC[C@](N)(CO)C3)ccc2C1. The highest BCUT2D eigenvalue weighted by Crippen LogP contribution is 2.40. The van der Waals surface area contributed by atoms with Crippen LogP contribution in [0.1, 0.15) is 87.3 Å². The van der Waals surface area contributed by atoms with Crippen LogP contribution in [0.4, 0.5) is 0 Å². The first kappa shape index (κ1) is 17.9. The molecule has 2 heteroatoms. The summed E-state index contributed by atoms with van der Waals surface area (Å²) in [4.78, 5) is 0. The Bertz CT molecular complexity index is 541. The molecule has 3 rings (SSSR count). The number of aryl methyl sites for hydroxylation is 1. The van der Waals surface area contributed by atoms with Gasteiger partial charge in [0.05, 0.1) is 6.61 Å². The zero-order valence-electron chi connectivity index (χ0n) is 15.4. The van der Waals surface area contributed by atoms with Gasteiger partial charge in [-0.2, -0.15) is 0 Å². The van der Waals surface area contributed by atoms with Crippen LogP contribution >= 0.6 is 0 Å². The quantitative estimate of drug-likeness (QED) is 0.711. The molecule has 1 fully saturated rings. The van der Waals surface area contributed by atoms with Gasteiger partial charge in [-0.3, -0.25) is 0 Å². The molecule has 0 aliphatic heterocycles. The Hall–Kier alpha value is -0.860. The van der Waals surface area contributed by atoms with E-state index >= 15 is 0 Å². The number of benzene rings is 1. The minimum Gasteiger partial charge on any atom is -0.394 e. The normalized spacial score (nSPS) is 29.6. The van der Waals surface area contributed by atoms with Crippen molar-refractivity contribution in [1.29, 1.82) is 0 Å². The fourth-order valence-electron chi connectivity index (χ4n) is 4.80. The van der Waals surface area contributed by atoms with Crippen molar-refractivity contribution in [2.45, 2.75) is 89.0 Å². The van der Waals surface area contributed by atoms with E-state index in [4.69, 9.17) is 5.73 Å². The third-order valence-electron chi connectivity index (χ3n) is 6.46. The molecule has 0 spiro atoms. The smallest absolute Gasteiger partial charge is 0.0611 e. The van der Waals surface area contributed by atoms with Gasteiger partial charge in [0.15, 0.2) is 0 Å². The Morgan fingerprint density at radius 3 is 2.79 bits per heavy atom. The molecule has 0 aromatic heterocycles. The van der Waals surface area contributed by atoms with Gasteiger partial charge in [-0.15, -0.1) is 0 Å². The third-order valence-corrected chi connectivity index (χ3v) is 6.46. The van der Waals surface area contributed by atoms with Gasteiger partial charge in [0.1, 0.15) is 0 Å². The molecule has 0 unspecified atom stereocenters. The van der Waals surface area contributed by atoms with Crippen molar-refractivity contribution in [2.75, 3.05) is 6.61 Å². The van der Waals surface area contributed by atoms with Crippen LogP contribution in [0.3, 0.4) is 0 Å². The zero-order chi connectivity index (χ0) is 17.0. The molecule has 0 radical (unpaired) electrons. The van der Waals surface area contributed by atoms with Gasteiger partial charge in [0, 0.05) is 5.54 Å². The highest BCUT2D eigenvalue weighted by atomic mass is 16.3. The average Bonchev–Trinajstić information content (AvgIpc) is 3.01. The fraction of sp³-hybridized carbons (Fsp3) is 0.727. The zero-order valence-corrected chi connectivity index (χ0v) is 15.4. The van der Waals surface area contributed by atoms with E-state index in [1.165, 1.54) is 56.9 Å². The molecule has 1 aromatic rings. The number of rotatable bonds is 7. The second-order valence-corrected chi connectivity index (χ2v) is 8.45. The molecule has 24 heavy (non-hydrogen) atoms. The van der Waals surface area contributed by atoms with E-state index in [1.807, 2.05) is 0 Å². The molecule has 1 saturated carbocycles. The number of aliphatic hydroxyl groups excluding tert-OH is 1. The Labute approximate surface area is 147 Å². The molecular weight excluding hydrogens is 294 g/mol. The van der Waals surface area contributed by atoms with Crippen LogP contribution in [0.15, 0.2) is 18.2 Å². The summed E-state index contributed by atoms with van der Waals surface area (Å²) in [6.45, 7) is 2.40. The van der Waals surface area contributed by atoms with E-state index in [0.29, 0.717) is 5.92 Å². The van der Waals surface area contributed by atoms with Crippen molar-refractivity contribution in [3.05, 3.63) is 34.9 Å². The van der Waals surface area contributed by atoms with Gasteiger partial charge in [-0.05, 0) is 67.1 Å². The van der Waals surface area contributed by atoms with Crippen molar-refractivity contribution < 1.29 is 5.11 Å². The highest BCUT2D eigenvalue weighted by molar-refractivity contribution is 5.36. The number of fused-ring (bicyclic) bond motifs is 1. The predicted molar refractivity (Wildman–Crippen MR) is 101 cm³/mol. The lowest BCUT2D eigenvalue weighted by atomic mass is 9.79. The molecule has 0 heterocycles. The van der Waals surface area contributed by atoms with Crippen molar-refractivity contribution in [3.63, 3.8) is 0 Å². The Morgan fingerprint density at radius 2 is 2.04 bits per heavy atom. The molecule has 0 bridgehead atoms. The van der Waals surface area contributed by atoms with Crippen LogP contribution in [0.5, 0.6) is 0 Å². The van der Waals surface area contributed by atoms with Gasteiger partial charge in [-0.25, -0.2) is 0 Å². The molecule has 2 aliphatic rings. The number of aliphatic hydroxyl groups is 1. The van der Waals surface area contributed by atoms with E-state index in [1.54, 1.807) is 11.1 Å². The van der Waals surface area contributed by atoms with Crippen LogP contribution in [-0.2, 0) is 12.8 Å². The standard InChI is InChI=1S/C22H35NO/c1-2-3-4-5-6-17-7-8-19-14-20(10-9-18(19)13-17)21-11-12-22(23,15-21)16-24/h9-10,14,17,21,24H,2-8,11-13,15-16,23H2,1H3/t17-,21-,22+/m0/s1. The van der Waals surface area contributed by atoms with E-state index in [-0.39, 0.29) is 12.1 Å². The molecule has 0 saturated heterocycles. The highest BCUT2D eigenvalue weighted by Gasteiger charge is 2.36. The first-order valence-corrected chi connectivity index (χ1v) is 10.1. The van der Waals surface area contributed by atoms with Gasteiger partial charge >= 0.3 is 0 Å².